The molecule has 3 aromatic rings. The number of fused-ring (bicyclic) bond motifs is 1. The summed E-state index contributed by atoms with van der Waals surface area (Å²) < 4.78 is 6.31. The predicted octanol–water partition coefficient (Wildman–Crippen LogP) is 2.65. The van der Waals surface area contributed by atoms with Gasteiger partial charge in [0.25, 0.3) is 0 Å². The van der Waals surface area contributed by atoms with Crippen molar-refractivity contribution in [2.45, 2.75) is 6.04 Å². The van der Waals surface area contributed by atoms with Gasteiger partial charge in [-0.1, -0.05) is 65.2 Å². The molecule has 2 aromatic carbocycles. The molecule has 8 nitrogen and oxygen atoms in total. The van der Waals surface area contributed by atoms with E-state index in [0.717, 1.165) is 0 Å². The van der Waals surface area contributed by atoms with Gasteiger partial charge in [0, 0.05) is 16.1 Å². The molecule has 1 aromatic heterocycles. The maximum atomic E-state index is 13.4. The summed E-state index contributed by atoms with van der Waals surface area (Å²) in [7, 11) is 1.24. The third-order valence-corrected chi connectivity index (χ3v) is 4.73. The van der Waals surface area contributed by atoms with Gasteiger partial charge in [0.1, 0.15) is 11.7 Å². The summed E-state index contributed by atoms with van der Waals surface area (Å²) in [6.45, 7) is 0. The molecule has 0 spiro atoms. The summed E-state index contributed by atoms with van der Waals surface area (Å²) in [5, 5.41) is 14.8. The van der Waals surface area contributed by atoms with E-state index in [-0.39, 0.29) is 23.0 Å². The van der Waals surface area contributed by atoms with Crippen LogP contribution in [0.3, 0.4) is 0 Å². The number of rotatable bonds is 4. The van der Waals surface area contributed by atoms with Crippen LogP contribution in [-0.2, 0) is 9.53 Å². The van der Waals surface area contributed by atoms with Crippen molar-refractivity contribution in [3.8, 4) is 0 Å². The van der Waals surface area contributed by atoms with Crippen molar-refractivity contribution < 1.29 is 14.3 Å². The van der Waals surface area contributed by atoms with E-state index in [1.807, 2.05) is 0 Å². The van der Waals surface area contributed by atoms with Crippen molar-refractivity contribution in [1.82, 2.24) is 20.2 Å². The molecule has 0 amide bonds. The number of halogens is 1. The minimum Gasteiger partial charge on any atom is -0.464 e. The van der Waals surface area contributed by atoms with Crippen molar-refractivity contribution in [3.63, 3.8) is 0 Å². The van der Waals surface area contributed by atoms with Crippen molar-refractivity contribution in [3.05, 3.63) is 82.0 Å². The molecule has 1 aliphatic heterocycles. The van der Waals surface area contributed by atoms with Gasteiger partial charge in [-0.3, -0.25) is 4.79 Å². The lowest BCUT2D eigenvalue weighted by molar-refractivity contribution is -0.136. The number of aromatic nitrogens is 4. The molecule has 0 bridgehead atoms. The van der Waals surface area contributed by atoms with Crippen LogP contribution in [0.15, 0.2) is 65.9 Å². The molecule has 0 aliphatic carbocycles. The number of carbonyl (C=O) groups is 2. The Labute approximate surface area is 164 Å². The Balaban J connectivity index is 1.99. The summed E-state index contributed by atoms with van der Waals surface area (Å²) in [5.41, 5.74) is 1.11. The zero-order valence-corrected chi connectivity index (χ0v) is 15.4. The number of ketones is 1. The number of esters is 1. The van der Waals surface area contributed by atoms with Gasteiger partial charge < -0.3 is 10.1 Å². The maximum Gasteiger partial charge on any atom is 0.355 e. The zero-order valence-electron chi connectivity index (χ0n) is 14.7. The van der Waals surface area contributed by atoms with Crippen LogP contribution in [0, 0.1) is 0 Å². The zero-order chi connectivity index (χ0) is 19.7. The van der Waals surface area contributed by atoms with E-state index in [2.05, 4.69) is 20.8 Å². The van der Waals surface area contributed by atoms with E-state index in [0.29, 0.717) is 16.1 Å². The Morgan fingerprint density at radius 3 is 2.54 bits per heavy atom. The fraction of sp³-hybridized carbons (Fsp3) is 0.105. The number of allylic oxidation sites excluding steroid dienone is 1. The SMILES string of the molecule is COC(=O)C1=C(C(=O)c2ccccc2)[C@H](c2ccccc2Cl)n2nnnc2N1. The number of hydrogen-bond donors (Lipinski definition) is 1. The lowest BCUT2D eigenvalue weighted by atomic mass is 9.89. The number of nitrogens with zero attached hydrogens (tertiary/aromatic N) is 4. The largest absolute Gasteiger partial charge is 0.464 e. The lowest BCUT2D eigenvalue weighted by Gasteiger charge is -2.28. The molecular formula is C19H14ClN5O3. The second kappa shape index (κ2) is 7.24. The summed E-state index contributed by atoms with van der Waals surface area (Å²) in [6, 6.07) is 14.9. The number of Topliss-reactive ketones (excluding diaryl/α,β-unsaturated/α-hetero) is 1. The third kappa shape index (κ3) is 2.93. The monoisotopic (exact) mass is 395 g/mol. The number of benzene rings is 2. The van der Waals surface area contributed by atoms with Crippen LogP contribution in [0.1, 0.15) is 22.0 Å². The number of carbonyl (C=O) groups excluding carboxylic acids is 2. The first-order valence-corrected chi connectivity index (χ1v) is 8.71. The Kier molecular flexibility index (Phi) is 4.62. The van der Waals surface area contributed by atoms with E-state index < -0.39 is 12.0 Å². The van der Waals surface area contributed by atoms with E-state index in [4.69, 9.17) is 16.3 Å². The van der Waals surface area contributed by atoms with Gasteiger partial charge in [-0.25, -0.2) is 4.79 Å². The minimum atomic E-state index is -0.804. The van der Waals surface area contributed by atoms with E-state index in [1.54, 1.807) is 54.6 Å². The number of tetrazole rings is 1. The predicted molar refractivity (Wildman–Crippen MR) is 101 cm³/mol. The number of hydrogen-bond acceptors (Lipinski definition) is 7. The second-order valence-corrected chi connectivity index (χ2v) is 6.38. The standard InChI is InChI=1S/C19H14ClN5O3/c1-28-18(27)15-14(17(26)11-7-3-2-4-8-11)16(12-9-5-6-10-13(12)20)25-19(21-15)22-23-24-25/h2-10,16H,1H3,(H,21,22,24)/t16-/m0/s1. The molecule has 28 heavy (non-hydrogen) atoms. The van der Waals surface area contributed by atoms with Crippen LogP contribution in [0.4, 0.5) is 5.95 Å². The smallest absolute Gasteiger partial charge is 0.355 e. The van der Waals surface area contributed by atoms with Crippen LogP contribution in [0.2, 0.25) is 5.02 Å². The normalized spacial score (nSPS) is 15.6. The van der Waals surface area contributed by atoms with Gasteiger partial charge in [-0.2, -0.15) is 4.68 Å². The first-order chi connectivity index (χ1) is 13.6. The molecule has 1 N–H and O–H groups in total. The van der Waals surface area contributed by atoms with Crippen LogP contribution in [0.5, 0.6) is 0 Å². The number of ether oxygens (including phenoxy) is 1. The average Bonchev–Trinajstić information content (AvgIpc) is 3.21. The molecule has 4 rings (SSSR count). The topological polar surface area (TPSA) is 99.0 Å². The highest BCUT2D eigenvalue weighted by atomic mass is 35.5. The third-order valence-electron chi connectivity index (χ3n) is 4.39. The van der Waals surface area contributed by atoms with Crippen LogP contribution >= 0.6 is 11.6 Å². The number of methoxy groups -OCH3 is 1. The fourth-order valence-corrected chi connectivity index (χ4v) is 3.36. The van der Waals surface area contributed by atoms with Crippen LogP contribution in [0.25, 0.3) is 0 Å². The molecular weight excluding hydrogens is 382 g/mol. The Hall–Kier alpha value is -3.52. The maximum absolute atomic E-state index is 13.4. The molecule has 0 saturated carbocycles. The summed E-state index contributed by atoms with van der Waals surface area (Å²) >= 11 is 6.42. The molecule has 0 saturated heterocycles. The van der Waals surface area contributed by atoms with Gasteiger partial charge in [-0.15, -0.1) is 0 Å². The highest BCUT2D eigenvalue weighted by Crippen LogP contribution is 2.39. The first-order valence-electron chi connectivity index (χ1n) is 8.33. The Bertz CT molecular complexity index is 1090. The Morgan fingerprint density at radius 2 is 1.82 bits per heavy atom. The first kappa shape index (κ1) is 17.9. The van der Waals surface area contributed by atoms with Gasteiger partial charge >= 0.3 is 5.97 Å². The van der Waals surface area contributed by atoms with Crippen LogP contribution in [-0.4, -0.2) is 39.1 Å². The van der Waals surface area contributed by atoms with Crippen molar-refractivity contribution in [1.29, 1.82) is 0 Å². The molecule has 2 heterocycles. The van der Waals surface area contributed by atoms with E-state index in [9.17, 15) is 9.59 Å². The molecule has 140 valence electrons. The van der Waals surface area contributed by atoms with Crippen molar-refractivity contribution in [2.24, 2.45) is 0 Å². The van der Waals surface area contributed by atoms with E-state index >= 15 is 0 Å². The van der Waals surface area contributed by atoms with Crippen molar-refractivity contribution in [2.75, 3.05) is 12.4 Å². The summed E-state index contributed by atoms with van der Waals surface area (Å²) in [6.07, 6.45) is 0. The lowest BCUT2D eigenvalue weighted by Crippen LogP contribution is -2.33. The molecule has 9 heteroatoms. The quantitative estimate of drug-likeness (QED) is 0.535. The number of anilines is 1. The van der Waals surface area contributed by atoms with Crippen LogP contribution < -0.4 is 5.32 Å². The van der Waals surface area contributed by atoms with Gasteiger partial charge in [0.15, 0.2) is 5.78 Å². The highest BCUT2D eigenvalue weighted by molar-refractivity contribution is 6.31. The average molecular weight is 396 g/mol. The highest BCUT2D eigenvalue weighted by Gasteiger charge is 2.39. The second-order valence-electron chi connectivity index (χ2n) is 5.97. The van der Waals surface area contributed by atoms with Gasteiger partial charge in [0.2, 0.25) is 5.95 Å². The fourth-order valence-electron chi connectivity index (χ4n) is 3.12. The molecule has 0 fully saturated rings. The Morgan fingerprint density at radius 1 is 1.11 bits per heavy atom. The molecule has 1 atom stereocenters. The summed E-state index contributed by atoms with van der Waals surface area (Å²) in [4.78, 5) is 25.9. The molecule has 1 aliphatic rings. The van der Waals surface area contributed by atoms with E-state index in [1.165, 1.54) is 11.8 Å². The van der Waals surface area contributed by atoms with Gasteiger partial charge in [0.05, 0.1) is 12.7 Å². The molecule has 0 unspecified atom stereocenters. The number of nitrogens with one attached hydrogen (secondary N) is 1. The van der Waals surface area contributed by atoms with Crippen molar-refractivity contribution >= 4 is 29.3 Å². The minimum absolute atomic E-state index is 0.0245. The molecule has 0 radical (unpaired) electrons. The van der Waals surface area contributed by atoms with Gasteiger partial charge in [-0.05, 0) is 16.5 Å². The summed E-state index contributed by atoms with van der Waals surface area (Å²) in [5.74, 6) is -0.861.